The third-order valence-corrected chi connectivity index (χ3v) is 6.78. The second-order valence-corrected chi connectivity index (χ2v) is 9.24. The lowest BCUT2D eigenvalue weighted by molar-refractivity contribution is 0.0600. The Labute approximate surface area is 193 Å². The van der Waals surface area contributed by atoms with E-state index in [-0.39, 0.29) is 11.9 Å². The molecule has 7 heteroatoms. The molecule has 0 N–H and O–H groups in total. The lowest BCUT2D eigenvalue weighted by Crippen LogP contribution is -2.37. The first-order valence-electron chi connectivity index (χ1n) is 11.1. The number of unbranched alkanes of at least 4 members (excludes halogenated alkanes) is 1. The smallest absolute Gasteiger partial charge is 0.337 e. The maximum atomic E-state index is 13.1. The molecule has 0 spiro atoms. The van der Waals surface area contributed by atoms with Gasteiger partial charge in [-0.2, -0.15) is 11.8 Å². The number of aryl methyl sites for hydroxylation is 1. The normalized spacial score (nSPS) is 14.0. The highest BCUT2D eigenvalue weighted by molar-refractivity contribution is 7.99. The standard InChI is InChI=1S/C25H29N3O3S/c1-3-4-5-23-26-21-11-10-20(24(29)27-12-14-32-15-13-27)16-22(21)28(23)17-18-6-8-19(9-7-18)25(30)31-2/h6-11,16H,3-5,12-15,17H2,1-2H3. The lowest BCUT2D eigenvalue weighted by atomic mass is 10.1. The molecule has 0 atom stereocenters. The number of fused-ring (bicyclic) bond motifs is 1. The zero-order valence-corrected chi connectivity index (χ0v) is 19.5. The van der Waals surface area contributed by atoms with E-state index in [1.54, 1.807) is 12.1 Å². The molecule has 0 unspecified atom stereocenters. The van der Waals surface area contributed by atoms with Gasteiger partial charge in [-0.25, -0.2) is 9.78 Å². The lowest BCUT2D eigenvalue weighted by Gasteiger charge is -2.26. The van der Waals surface area contributed by atoms with E-state index in [0.29, 0.717) is 17.7 Å². The number of carbonyl (C=O) groups is 2. The number of imidazole rings is 1. The Morgan fingerprint density at radius 1 is 1.06 bits per heavy atom. The monoisotopic (exact) mass is 451 g/mol. The van der Waals surface area contributed by atoms with Crippen LogP contribution in [-0.4, -0.2) is 58.0 Å². The van der Waals surface area contributed by atoms with Crippen molar-refractivity contribution in [2.45, 2.75) is 32.7 Å². The van der Waals surface area contributed by atoms with Gasteiger partial charge in [-0.1, -0.05) is 25.5 Å². The third kappa shape index (κ3) is 4.83. The molecule has 1 saturated heterocycles. The molecule has 32 heavy (non-hydrogen) atoms. The number of hydrogen-bond acceptors (Lipinski definition) is 5. The first-order chi connectivity index (χ1) is 15.6. The second kappa shape index (κ2) is 10.2. The minimum Gasteiger partial charge on any atom is -0.465 e. The van der Waals surface area contributed by atoms with Gasteiger partial charge in [0.05, 0.1) is 23.7 Å². The number of rotatable bonds is 7. The number of thioether (sulfide) groups is 1. The van der Waals surface area contributed by atoms with Crippen molar-refractivity contribution >= 4 is 34.7 Å². The van der Waals surface area contributed by atoms with Crippen molar-refractivity contribution in [2.75, 3.05) is 31.7 Å². The van der Waals surface area contributed by atoms with E-state index in [1.807, 2.05) is 47.0 Å². The van der Waals surface area contributed by atoms with Crippen molar-refractivity contribution < 1.29 is 14.3 Å². The van der Waals surface area contributed by atoms with Crippen LogP contribution >= 0.6 is 11.8 Å². The van der Waals surface area contributed by atoms with Gasteiger partial charge in [-0.15, -0.1) is 0 Å². The Morgan fingerprint density at radius 2 is 1.78 bits per heavy atom. The van der Waals surface area contributed by atoms with Gasteiger partial charge >= 0.3 is 5.97 Å². The summed E-state index contributed by atoms with van der Waals surface area (Å²) in [5.41, 5.74) is 4.21. The third-order valence-electron chi connectivity index (χ3n) is 5.84. The Bertz CT molecular complexity index is 1100. The van der Waals surface area contributed by atoms with Crippen LogP contribution in [0.15, 0.2) is 42.5 Å². The summed E-state index contributed by atoms with van der Waals surface area (Å²) in [5.74, 6) is 2.77. The number of esters is 1. The highest BCUT2D eigenvalue weighted by atomic mass is 32.2. The number of amides is 1. The minimum atomic E-state index is -0.340. The highest BCUT2D eigenvalue weighted by Gasteiger charge is 2.20. The summed E-state index contributed by atoms with van der Waals surface area (Å²) >= 11 is 1.90. The Balaban J connectivity index is 1.67. The average Bonchev–Trinajstić information content (AvgIpc) is 3.19. The largest absolute Gasteiger partial charge is 0.465 e. The van der Waals surface area contributed by atoms with Crippen LogP contribution in [0.4, 0.5) is 0 Å². The number of carbonyl (C=O) groups excluding carboxylic acids is 2. The van der Waals surface area contributed by atoms with Crippen molar-refractivity contribution in [1.29, 1.82) is 0 Å². The van der Waals surface area contributed by atoms with Crippen LogP contribution in [0.1, 0.15) is 51.9 Å². The predicted octanol–water partition coefficient (Wildman–Crippen LogP) is 4.40. The summed E-state index contributed by atoms with van der Waals surface area (Å²) in [4.78, 5) is 31.6. The quantitative estimate of drug-likeness (QED) is 0.498. The number of methoxy groups -OCH3 is 1. The van der Waals surface area contributed by atoms with Crippen molar-refractivity contribution in [2.24, 2.45) is 0 Å². The van der Waals surface area contributed by atoms with E-state index in [2.05, 4.69) is 11.5 Å². The van der Waals surface area contributed by atoms with E-state index in [1.165, 1.54) is 7.11 Å². The van der Waals surface area contributed by atoms with Crippen LogP contribution in [0.3, 0.4) is 0 Å². The number of ether oxygens (including phenoxy) is 1. The zero-order chi connectivity index (χ0) is 22.5. The molecule has 2 aromatic carbocycles. The molecular formula is C25H29N3O3S. The molecule has 0 aliphatic carbocycles. The fraction of sp³-hybridized carbons (Fsp3) is 0.400. The van der Waals surface area contributed by atoms with Gasteiger partial charge in [0, 0.05) is 43.1 Å². The maximum Gasteiger partial charge on any atom is 0.337 e. The van der Waals surface area contributed by atoms with E-state index in [0.717, 1.165) is 66.3 Å². The molecule has 0 radical (unpaired) electrons. The Kier molecular flexibility index (Phi) is 7.15. The molecule has 1 aliphatic rings. The summed E-state index contributed by atoms with van der Waals surface area (Å²) < 4.78 is 7.01. The highest BCUT2D eigenvalue weighted by Crippen LogP contribution is 2.23. The number of nitrogens with zero attached hydrogens (tertiary/aromatic N) is 3. The molecule has 1 aliphatic heterocycles. The molecule has 0 bridgehead atoms. The second-order valence-electron chi connectivity index (χ2n) is 8.01. The van der Waals surface area contributed by atoms with Crippen molar-refractivity contribution in [1.82, 2.24) is 14.5 Å². The fourth-order valence-electron chi connectivity index (χ4n) is 4.00. The van der Waals surface area contributed by atoms with Gasteiger partial charge < -0.3 is 14.2 Å². The van der Waals surface area contributed by atoms with E-state index in [9.17, 15) is 9.59 Å². The van der Waals surface area contributed by atoms with Gasteiger partial charge in [0.1, 0.15) is 5.82 Å². The molecule has 3 aromatic rings. The molecule has 1 fully saturated rings. The first-order valence-corrected chi connectivity index (χ1v) is 12.3. The Morgan fingerprint density at radius 3 is 2.47 bits per heavy atom. The van der Waals surface area contributed by atoms with E-state index in [4.69, 9.17) is 9.72 Å². The van der Waals surface area contributed by atoms with E-state index >= 15 is 0 Å². The van der Waals surface area contributed by atoms with Crippen LogP contribution < -0.4 is 0 Å². The summed E-state index contributed by atoms with van der Waals surface area (Å²) in [7, 11) is 1.38. The van der Waals surface area contributed by atoms with Crippen LogP contribution in [0.2, 0.25) is 0 Å². The van der Waals surface area contributed by atoms with Crippen LogP contribution in [0, 0.1) is 0 Å². The molecule has 2 heterocycles. The van der Waals surface area contributed by atoms with Crippen LogP contribution in [0.5, 0.6) is 0 Å². The molecule has 1 amide bonds. The van der Waals surface area contributed by atoms with Crippen molar-refractivity contribution in [3.05, 3.63) is 65.0 Å². The topological polar surface area (TPSA) is 64.4 Å². The summed E-state index contributed by atoms with van der Waals surface area (Å²) in [5, 5.41) is 0. The summed E-state index contributed by atoms with van der Waals surface area (Å²) in [6.45, 7) is 4.41. The number of hydrogen-bond donors (Lipinski definition) is 0. The van der Waals surface area contributed by atoms with Gasteiger partial charge in [-0.05, 0) is 42.3 Å². The summed E-state index contributed by atoms with van der Waals surface area (Å²) in [6.07, 6.45) is 3.04. The molecule has 6 nitrogen and oxygen atoms in total. The van der Waals surface area contributed by atoms with Crippen molar-refractivity contribution in [3.63, 3.8) is 0 Å². The predicted molar refractivity (Wildman–Crippen MR) is 128 cm³/mol. The van der Waals surface area contributed by atoms with Gasteiger partial charge in [-0.3, -0.25) is 4.79 Å². The molecule has 0 saturated carbocycles. The molecule has 168 valence electrons. The molecular weight excluding hydrogens is 422 g/mol. The maximum absolute atomic E-state index is 13.1. The Hall–Kier alpha value is -2.80. The number of benzene rings is 2. The van der Waals surface area contributed by atoms with Crippen molar-refractivity contribution in [3.8, 4) is 0 Å². The van der Waals surface area contributed by atoms with Crippen LogP contribution in [0.25, 0.3) is 11.0 Å². The van der Waals surface area contributed by atoms with Gasteiger partial charge in [0.25, 0.3) is 5.91 Å². The minimum absolute atomic E-state index is 0.0949. The molecule has 1 aromatic heterocycles. The first kappa shape index (κ1) is 22.4. The average molecular weight is 452 g/mol. The number of aromatic nitrogens is 2. The zero-order valence-electron chi connectivity index (χ0n) is 18.7. The van der Waals surface area contributed by atoms with Crippen LogP contribution in [-0.2, 0) is 17.7 Å². The van der Waals surface area contributed by atoms with Gasteiger partial charge in [0.2, 0.25) is 0 Å². The van der Waals surface area contributed by atoms with Gasteiger partial charge in [0.15, 0.2) is 0 Å². The van der Waals surface area contributed by atoms with E-state index < -0.39 is 0 Å². The summed E-state index contributed by atoms with van der Waals surface area (Å²) in [6, 6.07) is 13.3. The fourth-order valence-corrected chi connectivity index (χ4v) is 4.91. The SMILES string of the molecule is CCCCc1nc2ccc(C(=O)N3CCSCC3)cc2n1Cc1ccc(C(=O)OC)cc1. The molecule has 4 rings (SSSR count).